The maximum atomic E-state index is 13.5. The fourth-order valence-corrected chi connectivity index (χ4v) is 12.8. The van der Waals surface area contributed by atoms with Crippen molar-refractivity contribution >= 4 is 17.6 Å². The summed E-state index contributed by atoms with van der Waals surface area (Å²) in [7, 11) is 4.29. The van der Waals surface area contributed by atoms with Crippen molar-refractivity contribution in [1.29, 1.82) is 0 Å². The lowest BCUT2D eigenvalue weighted by atomic mass is 9.34. The molecule has 5 aliphatic rings. The van der Waals surface area contributed by atoms with Gasteiger partial charge in [-0.3, -0.25) is 4.79 Å². The van der Waals surface area contributed by atoms with Gasteiger partial charge in [0.05, 0.1) is 37.9 Å². The number of rotatable bonds is 9. The Morgan fingerprint density at radius 1 is 1.12 bits per heavy atom. The number of hydrogen-bond donors (Lipinski definition) is 1. The Morgan fingerprint density at radius 2 is 1.82 bits per heavy atom. The summed E-state index contributed by atoms with van der Waals surface area (Å²) < 4.78 is 15.9. The molecule has 4 aliphatic carbocycles. The molecule has 3 saturated carbocycles. The molecule has 0 amide bonds. The summed E-state index contributed by atoms with van der Waals surface area (Å²) in [6, 6.07) is -0.0576. The predicted octanol–water partition coefficient (Wildman–Crippen LogP) is 8.42. The minimum atomic E-state index is -0.618. The largest absolute Gasteiger partial charge is 0.481 e. The normalized spacial score (nSPS) is 43.8. The van der Waals surface area contributed by atoms with Gasteiger partial charge in [0, 0.05) is 16.4 Å². The van der Waals surface area contributed by atoms with E-state index in [2.05, 4.69) is 99.3 Å². The molecular weight excluding hydrogens is 636 g/mol. The van der Waals surface area contributed by atoms with Crippen molar-refractivity contribution in [3.8, 4) is 0 Å². The van der Waals surface area contributed by atoms with Crippen molar-refractivity contribution in [2.45, 2.75) is 125 Å². The fourth-order valence-electron chi connectivity index (χ4n) is 12.6. The summed E-state index contributed by atoms with van der Waals surface area (Å²) in [4.78, 5) is 20.1. The van der Waals surface area contributed by atoms with Gasteiger partial charge in [-0.05, 0) is 117 Å². The predicted molar refractivity (Wildman–Crippen MR) is 194 cm³/mol. The van der Waals surface area contributed by atoms with E-state index in [1.54, 1.807) is 6.33 Å². The van der Waals surface area contributed by atoms with Gasteiger partial charge < -0.3 is 19.5 Å². The summed E-state index contributed by atoms with van der Waals surface area (Å²) >= 11 is 6.40. The van der Waals surface area contributed by atoms with Crippen molar-refractivity contribution in [2.24, 2.45) is 62.6 Å². The second-order valence-corrected chi connectivity index (χ2v) is 19.6. The van der Waals surface area contributed by atoms with Gasteiger partial charge in [0.2, 0.25) is 5.28 Å². The van der Waals surface area contributed by atoms with Gasteiger partial charge in [0.15, 0.2) is 0 Å². The molecule has 49 heavy (non-hydrogen) atoms. The van der Waals surface area contributed by atoms with Gasteiger partial charge >= 0.3 is 5.97 Å². The highest BCUT2D eigenvalue weighted by Gasteiger charge is 2.72. The van der Waals surface area contributed by atoms with Crippen LogP contribution in [0.3, 0.4) is 0 Å². The highest BCUT2D eigenvalue weighted by molar-refractivity contribution is 6.28. The number of fused-ring (bicyclic) bond motifs is 3. The van der Waals surface area contributed by atoms with Crippen molar-refractivity contribution in [2.75, 3.05) is 33.9 Å². The highest BCUT2D eigenvalue weighted by Crippen LogP contribution is 2.75. The number of aromatic nitrogens is 3. The Kier molecular flexibility index (Phi) is 9.36. The molecule has 8 nitrogen and oxygen atoms in total. The Balaban J connectivity index is 1.44. The standard InChI is InChI=1S/C40H65ClN4O4/c1-24(2)26(5)35(6)17-18-37(8)27-13-14-30-36(7)20-48-22-40(30,28(27)15-16-38(37,9)31(35)33(46)47)19-29(45-23-42-34(41)43-45)32(36)49-21-39(10,25(3)4)44(11)12/h15,23-27,29-32H,13-14,16-22H2,1-12H3,(H,46,47)/t26-,27+,29-,30+,31-,32+,35-,36?,37-,38+,39?,40+/m1/s1. The van der Waals surface area contributed by atoms with Crippen LogP contribution in [0.2, 0.25) is 5.28 Å². The SMILES string of the molecule is CC(C)[C@@H](C)[C@@]1(C)CC[C@]2(C)[C@H]3CC[C@H]4C5(C)COC[C@@]4(C[C@@H](n4cnc(Cl)n4)[C@@H]5OCC(C)(C(C)C)N(C)C)C3=CC[C@@]2(C)[C@@H]1C(=O)O. The molecule has 9 heteroatoms. The Hall–Kier alpha value is -1.48. The Labute approximate surface area is 301 Å². The lowest BCUT2D eigenvalue weighted by molar-refractivity contribution is -0.255. The number of hydrogen-bond acceptors (Lipinski definition) is 6. The highest BCUT2D eigenvalue weighted by atomic mass is 35.5. The second kappa shape index (κ2) is 12.3. The van der Waals surface area contributed by atoms with Gasteiger partial charge in [-0.25, -0.2) is 9.67 Å². The minimum absolute atomic E-state index is 0.0576. The first-order valence-electron chi connectivity index (χ1n) is 19.1. The number of aliphatic carboxylic acids is 1. The van der Waals surface area contributed by atoms with Crippen LogP contribution in [0.25, 0.3) is 0 Å². The van der Waals surface area contributed by atoms with Crippen LogP contribution in [0, 0.1) is 62.6 Å². The van der Waals surface area contributed by atoms with E-state index >= 15 is 0 Å². The first kappa shape index (κ1) is 37.3. The summed E-state index contributed by atoms with van der Waals surface area (Å²) in [5.74, 6) is 0.817. The number of allylic oxidation sites excluding steroid dienone is 1. The third-order valence-electron chi connectivity index (χ3n) is 16.7. The van der Waals surface area contributed by atoms with E-state index in [-0.39, 0.29) is 50.0 Å². The molecule has 1 aliphatic heterocycles. The Morgan fingerprint density at radius 3 is 2.39 bits per heavy atom. The molecule has 6 rings (SSSR count). The molecule has 1 aromatic heterocycles. The van der Waals surface area contributed by atoms with E-state index in [0.29, 0.717) is 49.4 Å². The van der Waals surface area contributed by atoms with Crippen LogP contribution in [-0.4, -0.2) is 76.3 Å². The van der Waals surface area contributed by atoms with E-state index in [1.165, 1.54) is 5.57 Å². The van der Waals surface area contributed by atoms with Gasteiger partial charge in [-0.1, -0.05) is 74.0 Å². The van der Waals surface area contributed by atoms with E-state index in [1.807, 2.05) is 4.68 Å². The molecule has 0 aromatic carbocycles. The molecular formula is C40H65ClN4O4. The third kappa shape index (κ3) is 5.17. The molecule has 2 bridgehead atoms. The molecule has 12 atom stereocenters. The molecule has 276 valence electrons. The monoisotopic (exact) mass is 700 g/mol. The molecule has 1 saturated heterocycles. The lowest BCUT2D eigenvalue weighted by Gasteiger charge is -2.71. The van der Waals surface area contributed by atoms with Crippen molar-refractivity contribution in [3.05, 3.63) is 23.3 Å². The first-order chi connectivity index (χ1) is 22.7. The molecule has 1 N–H and O–H groups in total. The van der Waals surface area contributed by atoms with Crippen LogP contribution < -0.4 is 0 Å². The number of likely N-dealkylation sites (N-methyl/N-ethyl adjacent to an activating group) is 1. The zero-order valence-electron chi connectivity index (χ0n) is 32.5. The maximum absolute atomic E-state index is 13.5. The molecule has 1 aromatic rings. The summed E-state index contributed by atoms with van der Waals surface area (Å²) in [6.45, 7) is 25.0. The number of carbonyl (C=O) groups is 1. The van der Waals surface area contributed by atoms with Crippen LogP contribution in [0.1, 0.15) is 114 Å². The molecule has 2 unspecified atom stereocenters. The van der Waals surface area contributed by atoms with Crippen molar-refractivity contribution < 1.29 is 19.4 Å². The van der Waals surface area contributed by atoms with Crippen molar-refractivity contribution in [3.63, 3.8) is 0 Å². The lowest BCUT2D eigenvalue weighted by Crippen LogP contribution is -2.69. The number of ether oxygens (including phenoxy) is 2. The second-order valence-electron chi connectivity index (χ2n) is 19.2. The topological polar surface area (TPSA) is 89.7 Å². The van der Waals surface area contributed by atoms with E-state index in [4.69, 9.17) is 26.2 Å². The van der Waals surface area contributed by atoms with E-state index in [9.17, 15) is 9.90 Å². The molecule has 2 heterocycles. The first-order valence-corrected chi connectivity index (χ1v) is 19.5. The zero-order valence-corrected chi connectivity index (χ0v) is 33.2. The Bertz CT molecular complexity index is 1450. The number of carboxylic acid groups (broad SMARTS) is 1. The summed E-state index contributed by atoms with van der Waals surface area (Å²) in [6.07, 6.45) is 9.97. The van der Waals surface area contributed by atoms with Gasteiger partial charge in [0.25, 0.3) is 0 Å². The molecule has 0 spiro atoms. The quantitative estimate of drug-likeness (QED) is 0.259. The number of nitrogens with zero attached hydrogens (tertiary/aromatic N) is 4. The molecule has 4 fully saturated rings. The number of carboxylic acids is 1. The van der Waals surface area contributed by atoms with Gasteiger partial charge in [-0.2, -0.15) is 0 Å². The van der Waals surface area contributed by atoms with Crippen LogP contribution in [0.15, 0.2) is 18.0 Å². The van der Waals surface area contributed by atoms with Crippen molar-refractivity contribution in [1.82, 2.24) is 19.7 Å². The van der Waals surface area contributed by atoms with Crippen LogP contribution in [0.4, 0.5) is 0 Å². The average Bonchev–Trinajstić information content (AvgIpc) is 3.45. The summed E-state index contributed by atoms with van der Waals surface area (Å²) in [5, 5.41) is 16.0. The van der Waals surface area contributed by atoms with E-state index < -0.39 is 11.9 Å². The third-order valence-corrected chi connectivity index (χ3v) is 16.9. The average molecular weight is 701 g/mol. The van der Waals surface area contributed by atoms with Crippen LogP contribution >= 0.6 is 11.6 Å². The van der Waals surface area contributed by atoms with E-state index in [0.717, 1.165) is 38.5 Å². The number of halogens is 1. The van der Waals surface area contributed by atoms with Gasteiger partial charge in [-0.15, -0.1) is 5.10 Å². The zero-order chi connectivity index (χ0) is 36.1. The smallest absolute Gasteiger partial charge is 0.307 e. The summed E-state index contributed by atoms with van der Waals surface area (Å²) in [5.41, 5.74) is 0.207. The van der Waals surface area contributed by atoms with Crippen LogP contribution in [-0.2, 0) is 14.3 Å². The van der Waals surface area contributed by atoms with Crippen LogP contribution in [0.5, 0.6) is 0 Å². The fraction of sp³-hybridized carbons (Fsp3) is 0.875. The maximum Gasteiger partial charge on any atom is 0.307 e. The minimum Gasteiger partial charge on any atom is -0.481 e. The van der Waals surface area contributed by atoms with Gasteiger partial charge in [0.1, 0.15) is 6.33 Å². The molecule has 0 radical (unpaired) electrons.